The number of rotatable bonds is 5. The van der Waals surface area contributed by atoms with Crippen LogP contribution in [0.4, 0.5) is 0 Å². The van der Waals surface area contributed by atoms with Crippen molar-refractivity contribution in [3.8, 4) is 0 Å². The molecular weight excluding hydrogens is 196 g/mol. The number of piperidine rings is 1. The fourth-order valence-electron chi connectivity index (χ4n) is 2.84. The van der Waals surface area contributed by atoms with Gasteiger partial charge in [-0.2, -0.15) is 0 Å². The van der Waals surface area contributed by atoms with Crippen molar-refractivity contribution in [1.82, 2.24) is 10.2 Å². The molecule has 0 bridgehead atoms. The van der Waals surface area contributed by atoms with Gasteiger partial charge in [-0.3, -0.25) is 4.90 Å². The lowest BCUT2D eigenvalue weighted by atomic mass is 9.95. The monoisotopic (exact) mass is 226 g/mol. The molecule has 0 saturated carbocycles. The summed E-state index contributed by atoms with van der Waals surface area (Å²) in [7, 11) is 0. The summed E-state index contributed by atoms with van der Waals surface area (Å²) in [4.78, 5) is 2.71. The van der Waals surface area contributed by atoms with Crippen molar-refractivity contribution < 1.29 is 0 Å². The number of nitrogens with one attached hydrogen (secondary N) is 1. The highest BCUT2D eigenvalue weighted by Gasteiger charge is 2.27. The van der Waals surface area contributed by atoms with E-state index in [9.17, 15) is 0 Å². The lowest BCUT2D eigenvalue weighted by Gasteiger charge is -2.41. The Morgan fingerprint density at radius 2 is 1.75 bits per heavy atom. The van der Waals surface area contributed by atoms with E-state index >= 15 is 0 Å². The minimum Gasteiger partial charge on any atom is -0.313 e. The molecule has 2 nitrogen and oxygen atoms in total. The third-order valence-electron chi connectivity index (χ3n) is 4.05. The van der Waals surface area contributed by atoms with Gasteiger partial charge in [-0.1, -0.05) is 27.2 Å². The third kappa shape index (κ3) is 3.74. The molecule has 1 aliphatic heterocycles. The minimum atomic E-state index is 0.646. The van der Waals surface area contributed by atoms with E-state index in [1.54, 1.807) is 0 Å². The average molecular weight is 226 g/mol. The van der Waals surface area contributed by atoms with Crippen LogP contribution < -0.4 is 5.32 Å². The fraction of sp³-hybridized carbons (Fsp3) is 1.00. The molecular formula is C14H30N2. The Morgan fingerprint density at radius 3 is 2.19 bits per heavy atom. The quantitative estimate of drug-likeness (QED) is 0.775. The van der Waals surface area contributed by atoms with Crippen molar-refractivity contribution in [1.29, 1.82) is 0 Å². The highest BCUT2D eigenvalue weighted by Crippen LogP contribution is 2.23. The van der Waals surface area contributed by atoms with Gasteiger partial charge in [0.15, 0.2) is 0 Å². The first-order valence-electron chi connectivity index (χ1n) is 7.05. The number of nitrogens with zero attached hydrogens (tertiary/aromatic N) is 1. The Balaban J connectivity index is 2.53. The number of likely N-dealkylation sites (tertiary alicyclic amines) is 1. The first kappa shape index (κ1) is 14.0. The second-order valence-corrected chi connectivity index (χ2v) is 5.73. The van der Waals surface area contributed by atoms with Gasteiger partial charge in [0.1, 0.15) is 0 Å². The summed E-state index contributed by atoms with van der Waals surface area (Å²) < 4.78 is 0. The molecule has 0 spiro atoms. The van der Waals surface area contributed by atoms with Gasteiger partial charge < -0.3 is 5.32 Å². The van der Waals surface area contributed by atoms with Crippen LogP contribution >= 0.6 is 0 Å². The van der Waals surface area contributed by atoms with Crippen molar-refractivity contribution in [2.75, 3.05) is 13.1 Å². The second-order valence-electron chi connectivity index (χ2n) is 5.73. The van der Waals surface area contributed by atoms with Gasteiger partial charge in [-0.25, -0.2) is 0 Å². The molecule has 3 atom stereocenters. The zero-order chi connectivity index (χ0) is 12.1. The summed E-state index contributed by atoms with van der Waals surface area (Å²) >= 11 is 0. The third-order valence-corrected chi connectivity index (χ3v) is 4.05. The Morgan fingerprint density at radius 1 is 1.19 bits per heavy atom. The van der Waals surface area contributed by atoms with E-state index < -0.39 is 0 Å². The SMILES string of the molecule is CCNC(CN1[C@H](C)CCC[C@@H]1C)C(C)C. The predicted octanol–water partition coefficient (Wildman–Crippen LogP) is 2.88. The lowest BCUT2D eigenvalue weighted by Crippen LogP contribution is -2.51. The van der Waals surface area contributed by atoms with E-state index in [0.717, 1.165) is 24.5 Å². The zero-order valence-electron chi connectivity index (χ0n) is 11.8. The Labute approximate surface area is 102 Å². The molecule has 1 heterocycles. The second kappa shape index (κ2) is 6.61. The van der Waals surface area contributed by atoms with Crippen molar-refractivity contribution in [3.63, 3.8) is 0 Å². The molecule has 0 radical (unpaired) electrons. The van der Waals surface area contributed by atoms with Gasteiger partial charge in [0.05, 0.1) is 0 Å². The fourth-order valence-corrected chi connectivity index (χ4v) is 2.84. The van der Waals surface area contributed by atoms with E-state index in [4.69, 9.17) is 0 Å². The van der Waals surface area contributed by atoms with Gasteiger partial charge in [0.25, 0.3) is 0 Å². The largest absolute Gasteiger partial charge is 0.313 e. The molecule has 96 valence electrons. The number of hydrogen-bond acceptors (Lipinski definition) is 2. The molecule has 1 fully saturated rings. The van der Waals surface area contributed by atoms with E-state index in [0.29, 0.717) is 6.04 Å². The van der Waals surface area contributed by atoms with Gasteiger partial charge in [0.2, 0.25) is 0 Å². The van der Waals surface area contributed by atoms with Crippen LogP contribution in [0.25, 0.3) is 0 Å². The highest BCUT2D eigenvalue weighted by atomic mass is 15.2. The number of hydrogen-bond donors (Lipinski definition) is 1. The smallest absolute Gasteiger partial charge is 0.0218 e. The van der Waals surface area contributed by atoms with E-state index in [1.807, 2.05) is 0 Å². The normalized spacial score (nSPS) is 29.6. The maximum Gasteiger partial charge on any atom is 0.0218 e. The van der Waals surface area contributed by atoms with Crippen LogP contribution in [0, 0.1) is 5.92 Å². The van der Waals surface area contributed by atoms with Crippen molar-refractivity contribution in [2.24, 2.45) is 5.92 Å². The molecule has 1 aliphatic rings. The maximum absolute atomic E-state index is 3.63. The lowest BCUT2D eigenvalue weighted by molar-refractivity contribution is 0.0837. The van der Waals surface area contributed by atoms with Crippen LogP contribution in [0.1, 0.15) is 53.9 Å². The zero-order valence-corrected chi connectivity index (χ0v) is 11.8. The van der Waals surface area contributed by atoms with E-state index in [1.165, 1.54) is 25.8 Å². The molecule has 0 aromatic carbocycles. The minimum absolute atomic E-state index is 0.646. The molecule has 0 aromatic heterocycles. The average Bonchev–Trinajstić information content (AvgIpc) is 2.21. The van der Waals surface area contributed by atoms with Gasteiger partial charge in [-0.05, 0) is 39.2 Å². The van der Waals surface area contributed by atoms with Crippen LogP contribution in [0.5, 0.6) is 0 Å². The summed E-state index contributed by atoms with van der Waals surface area (Å²) in [5.74, 6) is 0.723. The molecule has 0 aromatic rings. The summed E-state index contributed by atoms with van der Waals surface area (Å²) in [6, 6.07) is 2.18. The standard InChI is InChI=1S/C14H30N2/c1-6-15-14(11(2)3)10-16-12(4)8-7-9-13(16)5/h11-15H,6-10H2,1-5H3/t12-,13+,14?. The van der Waals surface area contributed by atoms with Gasteiger partial charge in [0, 0.05) is 24.7 Å². The first-order valence-corrected chi connectivity index (χ1v) is 7.05. The van der Waals surface area contributed by atoms with Crippen LogP contribution in [0.15, 0.2) is 0 Å². The summed E-state index contributed by atoms with van der Waals surface area (Å²) in [5, 5.41) is 3.63. The van der Waals surface area contributed by atoms with Gasteiger partial charge >= 0.3 is 0 Å². The molecule has 1 saturated heterocycles. The molecule has 1 N–H and O–H groups in total. The Kier molecular flexibility index (Phi) is 5.77. The Bertz CT molecular complexity index is 181. The maximum atomic E-state index is 3.63. The van der Waals surface area contributed by atoms with Crippen molar-refractivity contribution >= 4 is 0 Å². The summed E-state index contributed by atoms with van der Waals surface area (Å²) in [6.45, 7) is 13.9. The highest BCUT2D eigenvalue weighted by molar-refractivity contribution is 4.84. The van der Waals surface area contributed by atoms with Crippen LogP contribution in [0.2, 0.25) is 0 Å². The summed E-state index contributed by atoms with van der Waals surface area (Å²) in [6.07, 6.45) is 4.16. The van der Waals surface area contributed by atoms with E-state index in [2.05, 4.69) is 44.8 Å². The molecule has 1 unspecified atom stereocenters. The van der Waals surface area contributed by atoms with Crippen LogP contribution in [-0.2, 0) is 0 Å². The van der Waals surface area contributed by atoms with Crippen molar-refractivity contribution in [3.05, 3.63) is 0 Å². The summed E-state index contributed by atoms with van der Waals surface area (Å²) in [5.41, 5.74) is 0. The topological polar surface area (TPSA) is 15.3 Å². The van der Waals surface area contributed by atoms with Crippen LogP contribution in [-0.4, -0.2) is 36.1 Å². The molecule has 1 rings (SSSR count). The molecule has 0 aliphatic carbocycles. The number of likely N-dealkylation sites (N-methyl/N-ethyl adjacent to an activating group) is 1. The molecule has 2 heteroatoms. The van der Waals surface area contributed by atoms with E-state index in [-0.39, 0.29) is 0 Å². The van der Waals surface area contributed by atoms with Gasteiger partial charge in [-0.15, -0.1) is 0 Å². The van der Waals surface area contributed by atoms with Crippen LogP contribution in [0.3, 0.4) is 0 Å². The predicted molar refractivity (Wildman–Crippen MR) is 71.8 cm³/mol. The molecule has 16 heavy (non-hydrogen) atoms. The first-order chi connectivity index (χ1) is 7.56. The Hall–Kier alpha value is -0.0800. The van der Waals surface area contributed by atoms with Crippen molar-refractivity contribution in [2.45, 2.75) is 72.0 Å². The molecule has 0 amide bonds.